The highest BCUT2D eigenvalue weighted by molar-refractivity contribution is 5.94. The third-order valence-electron chi connectivity index (χ3n) is 1.97. The zero-order valence-electron chi connectivity index (χ0n) is 8.29. The summed E-state index contributed by atoms with van der Waals surface area (Å²) in [5.41, 5.74) is 0.553. The molecule has 0 bridgehead atoms. The van der Waals surface area contributed by atoms with Crippen LogP contribution >= 0.6 is 0 Å². The van der Waals surface area contributed by atoms with Crippen LogP contribution in [0.1, 0.15) is 23.1 Å². The lowest BCUT2D eigenvalue weighted by molar-refractivity contribution is 0.0925. The lowest BCUT2D eigenvalue weighted by atomic mass is 10.2. The molecule has 2 rings (SSSR count). The lowest BCUT2D eigenvalue weighted by Gasteiger charge is -1.96. The molecule has 0 saturated heterocycles. The first-order chi connectivity index (χ1) is 7.31. The van der Waals surface area contributed by atoms with Gasteiger partial charge in [-0.1, -0.05) is 29.9 Å². The second-order valence-electron chi connectivity index (χ2n) is 3.02. The van der Waals surface area contributed by atoms with Crippen molar-refractivity contribution in [1.82, 2.24) is 20.2 Å². The molecule has 1 aromatic heterocycles. The smallest absolute Gasteiger partial charge is 0.265 e. The van der Waals surface area contributed by atoms with Crippen LogP contribution < -0.4 is 0 Å². The normalized spacial score (nSPS) is 10.2. The molecule has 0 aliphatic heterocycles. The van der Waals surface area contributed by atoms with Crippen molar-refractivity contribution in [2.45, 2.75) is 13.3 Å². The molecular formula is C10H10N4O. The van der Waals surface area contributed by atoms with E-state index in [2.05, 4.69) is 15.4 Å². The minimum absolute atomic E-state index is 0.261. The molecule has 0 saturated carbocycles. The largest absolute Gasteiger partial charge is 0.297 e. The molecule has 0 amide bonds. The van der Waals surface area contributed by atoms with Gasteiger partial charge in [0.05, 0.1) is 0 Å². The van der Waals surface area contributed by atoms with Gasteiger partial charge in [-0.2, -0.15) is 0 Å². The van der Waals surface area contributed by atoms with Crippen LogP contribution in [0.2, 0.25) is 0 Å². The van der Waals surface area contributed by atoms with Gasteiger partial charge in [0.25, 0.3) is 5.91 Å². The van der Waals surface area contributed by atoms with Crippen LogP contribution in [0.25, 0.3) is 0 Å². The molecule has 15 heavy (non-hydrogen) atoms. The molecule has 0 aliphatic carbocycles. The van der Waals surface area contributed by atoms with Gasteiger partial charge >= 0.3 is 0 Å². The van der Waals surface area contributed by atoms with Crippen LogP contribution in [0.3, 0.4) is 0 Å². The number of carbonyl (C=O) groups excluding carboxylic acids is 1. The minimum atomic E-state index is -0.261. The van der Waals surface area contributed by atoms with Crippen LogP contribution in [-0.4, -0.2) is 26.1 Å². The first-order valence-electron chi connectivity index (χ1n) is 4.70. The highest BCUT2D eigenvalue weighted by Gasteiger charge is 2.11. The molecule has 76 valence electrons. The van der Waals surface area contributed by atoms with Gasteiger partial charge in [0.2, 0.25) is 0 Å². The third-order valence-corrected chi connectivity index (χ3v) is 1.97. The first kappa shape index (κ1) is 9.51. The topological polar surface area (TPSA) is 60.7 Å². The Balaban J connectivity index is 2.29. The number of rotatable bonds is 2. The standard InChI is InChI=1S/C10H10N4O/c1-2-9-11-13-14(12-9)10(15)8-6-4-3-5-7-8/h3-7H,2H2,1H3. The number of aromatic nitrogens is 4. The quantitative estimate of drug-likeness (QED) is 0.726. The summed E-state index contributed by atoms with van der Waals surface area (Å²) in [6.07, 6.45) is 0.669. The Morgan fingerprint density at radius 2 is 2.07 bits per heavy atom. The number of carbonyl (C=O) groups is 1. The zero-order valence-corrected chi connectivity index (χ0v) is 8.29. The van der Waals surface area contributed by atoms with Crippen molar-refractivity contribution in [2.75, 3.05) is 0 Å². The average molecular weight is 202 g/mol. The SMILES string of the molecule is CCc1nnn(C(=O)c2ccccc2)n1. The summed E-state index contributed by atoms with van der Waals surface area (Å²) >= 11 is 0. The fourth-order valence-electron chi connectivity index (χ4n) is 1.17. The van der Waals surface area contributed by atoms with Crippen molar-refractivity contribution in [3.05, 3.63) is 41.7 Å². The van der Waals surface area contributed by atoms with E-state index in [1.165, 1.54) is 0 Å². The van der Waals surface area contributed by atoms with E-state index in [1.807, 2.05) is 13.0 Å². The van der Waals surface area contributed by atoms with Crippen molar-refractivity contribution in [1.29, 1.82) is 0 Å². The molecule has 1 heterocycles. The Morgan fingerprint density at radius 1 is 1.33 bits per heavy atom. The van der Waals surface area contributed by atoms with Crippen LogP contribution in [0.4, 0.5) is 0 Å². The van der Waals surface area contributed by atoms with Crippen molar-refractivity contribution in [3.8, 4) is 0 Å². The average Bonchev–Trinajstić information content (AvgIpc) is 2.78. The molecule has 0 spiro atoms. The second kappa shape index (κ2) is 4.00. The maximum Gasteiger partial charge on any atom is 0.297 e. The number of hydrogen-bond donors (Lipinski definition) is 0. The van der Waals surface area contributed by atoms with Crippen molar-refractivity contribution in [3.63, 3.8) is 0 Å². The van der Waals surface area contributed by atoms with E-state index in [0.29, 0.717) is 17.8 Å². The van der Waals surface area contributed by atoms with Crippen molar-refractivity contribution in [2.24, 2.45) is 0 Å². The van der Waals surface area contributed by atoms with Gasteiger partial charge < -0.3 is 0 Å². The van der Waals surface area contributed by atoms with Gasteiger partial charge in [0.1, 0.15) is 0 Å². The Morgan fingerprint density at radius 3 is 2.67 bits per heavy atom. The number of tetrazole rings is 1. The molecule has 0 fully saturated rings. The molecule has 0 aliphatic rings. The number of benzene rings is 1. The number of aryl methyl sites for hydroxylation is 1. The molecule has 5 heteroatoms. The zero-order chi connectivity index (χ0) is 10.7. The predicted octanol–water partition coefficient (Wildman–Crippen LogP) is 0.924. The van der Waals surface area contributed by atoms with E-state index >= 15 is 0 Å². The summed E-state index contributed by atoms with van der Waals surface area (Å²) in [7, 11) is 0. The Hall–Kier alpha value is -2.04. The maximum atomic E-state index is 11.8. The van der Waals surface area contributed by atoms with Gasteiger partial charge in [-0.25, -0.2) is 0 Å². The van der Waals surface area contributed by atoms with Crippen LogP contribution in [0, 0.1) is 0 Å². The molecule has 0 unspecified atom stereocenters. The fourth-order valence-corrected chi connectivity index (χ4v) is 1.17. The molecule has 0 radical (unpaired) electrons. The third kappa shape index (κ3) is 1.90. The summed E-state index contributed by atoms with van der Waals surface area (Å²) in [4.78, 5) is 12.8. The Bertz CT molecular complexity index is 463. The van der Waals surface area contributed by atoms with Crippen molar-refractivity contribution < 1.29 is 4.79 Å². The van der Waals surface area contributed by atoms with Gasteiger partial charge in [0, 0.05) is 12.0 Å². The van der Waals surface area contributed by atoms with E-state index in [4.69, 9.17) is 0 Å². The summed E-state index contributed by atoms with van der Waals surface area (Å²) < 4.78 is 0. The molecule has 0 N–H and O–H groups in total. The molecule has 1 aromatic carbocycles. The van der Waals surface area contributed by atoms with E-state index in [9.17, 15) is 4.79 Å². The minimum Gasteiger partial charge on any atom is -0.265 e. The fraction of sp³-hybridized carbons (Fsp3) is 0.200. The molecule has 2 aromatic rings. The van der Waals surface area contributed by atoms with Crippen LogP contribution in [0.5, 0.6) is 0 Å². The van der Waals surface area contributed by atoms with E-state index in [0.717, 1.165) is 4.80 Å². The highest BCUT2D eigenvalue weighted by atomic mass is 16.2. The monoisotopic (exact) mass is 202 g/mol. The van der Waals surface area contributed by atoms with Crippen molar-refractivity contribution >= 4 is 5.91 Å². The lowest BCUT2D eigenvalue weighted by Crippen LogP contribution is -2.15. The molecular weight excluding hydrogens is 192 g/mol. The van der Waals surface area contributed by atoms with Crippen LogP contribution in [-0.2, 0) is 6.42 Å². The molecule has 5 nitrogen and oxygen atoms in total. The summed E-state index contributed by atoms with van der Waals surface area (Å²) in [5.74, 6) is 0.307. The predicted molar refractivity (Wildman–Crippen MR) is 53.4 cm³/mol. The van der Waals surface area contributed by atoms with E-state index < -0.39 is 0 Å². The van der Waals surface area contributed by atoms with E-state index in [-0.39, 0.29) is 5.91 Å². The van der Waals surface area contributed by atoms with Gasteiger partial charge in [-0.15, -0.1) is 10.2 Å². The van der Waals surface area contributed by atoms with E-state index in [1.54, 1.807) is 24.3 Å². The Kier molecular flexibility index (Phi) is 2.53. The van der Waals surface area contributed by atoms with Gasteiger partial charge in [-0.05, 0) is 17.3 Å². The second-order valence-corrected chi connectivity index (χ2v) is 3.02. The molecule has 0 atom stereocenters. The number of hydrogen-bond acceptors (Lipinski definition) is 4. The first-order valence-corrected chi connectivity index (χ1v) is 4.70. The van der Waals surface area contributed by atoms with Gasteiger partial charge in [0.15, 0.2) is 5.82 Å². The Labute approximate surface area is 86.7 Å². The van der Waals surface area contributed by atoms with Crippen LogP contribution in [0.15, 0.2) is 30.3 Å². The maximum absolute atomic E-state index is 11.8. The highest BCUT2D eigenvalue weighted by Crippen LogP contribution is 2.00. The van der Waals surface area contributed by atoms with Gasteiger partial charge in [-0.3, -0.25) is 4.79 Å². The summed E-state index contributed by atoms with van der Waals surface area (Å²) in [5, 5.41) is 11.4. The number of nitrogens with zero attached hydrogens (tertiary/aromatic N) is 4. The summed E-state index contributed by atoms with van der Waals surface area (Å²) in [6.45, 7) is 1.91. The summed E-state index contributed by atoms with van der Waals surface area (Å²) in [6, 6.07) is 8.88.